The number of rotatable bonds is 11. The predicted octanol–water partition coefficient (Wildman–Crippen LogP) is 3.97. The van der Waals surface area contributed by atoms with Crippen molar-refractivity contribution in [2.45, 2.75) is 9.79 Å². The second-order valence-corrected chi connectivity index (χ2v) is 11.3. The van der Waals surface area contributed by atoms with Crippen molar-refractivity contribution in [1.82, 2.24) is 19.9 Å². The van der Waals surface area contributed by atoms with Crippen LogP contribution in [-0.2, 0) is 14.6 Å². The standard InChI is InChI=1S/C29H33N7O4S/c1-39-19-18-35-14-16-36(17-15-35)22-12-13-24(26(20-22)40-2)32-28-30-21-31-29(34-28)33-25-10-6-7-11-27(25)41(37,38)23-8-4-3-5-9-23/h3-13,20-21H,14-19H2,1-2H3,(H2,30,31,32,33,34). The van der Waals surface area contributed by atoms with Crippen LogP contribution in [0.15, 0.2) is 88.9 Å². The molecule has 0 atom stereocenters. The molecule has 4 aromatic rings. The number of anilines is 5. The van der Waals surface area contributed by atoms with Crippen molar-refractivity contribution in [3.05, 3.63) is 79.1 Å². The summed E-state index contributed by atoms with van der Waals surface area (Å²) in [5.41, 5.74) is 2.13. The number of nitrogens with zero attached hydrogens (tertiary/aromatic N) is 5. The molecule has 1 aliphatic heterocycles. The molecule has 0 amide bonds. The summed E-state index contributed by atoms with van der Waals surface area (Å²) in [5, 5.41) is 6.23. The number of aromatic nitrogens is 3. The number of hydrogen-bond donors (Lipinski definition) is 2. The largest absolute Gasteiger partial charge is 0.494 e. The summed E-state index contributed by atoms with van der Waals surface area (Å²) in [6, 6.07) is 20.9. The number of hydrogen-bond acceptors (Lipinski definition) is 11. The van der Waals surface area contributed by atoms with Crippen LogP contribution in [-0.4, -0.2) is 81.8 Å². The first-order valence-electron chi connectivity index (χ1n) is 13.2. The molecule has 0 saturated carbocycles. The topological polar surface area (TPSA) is 122 Å². The van der Waals surface area contributed by atoms with E-state index in [1.54, 1.807) is 68.8 Å². The van der Waals surface area contributed by atoms with Crippen molar-refractivity contribution in [2.24, 2.45) is 0 Å². The average molecular weight is 576 g/mol. The zero-order valence-corrected chi connectivity index (χ0v) is 23.8. The number of sulfone groups is 1. The summed E-state index contributed by atoms with van der Waals surface area (Å²) in [5.74, 6) is 1.13. The van der Waals surface area contributed by atoms with Crippen molar-refractivity contribution < 1.29 is 17.9 Å². The molecule has 0 unspecified atom stereocenters. The molecule has 2 N–H and O–H groups in total. The lowest BCUT2D eigenvalue weighted by molar-refractivity contribution is 0.144. The average Bonchev–Trinajstić information content (AvgIpc) is 3.01. The fourth-order valence-corrected chi connectivity index (χ4v) is 6.05. The molecule has 214 valence electrons. The van der Waals surface area contributed by atoms with E-state index in [2.05, 4.69) is 35.4 Å². The molecule has 3 aromatic carbocycles. The van der Waals surface area contributed by atoms with E-state index < -0.39 is 9.84 Å². The van der Waals surface area contributed by atoms with Gasteiger partial charge in [-0.2, -0.15) is 4.98 Å². The first kappa shape index (κ1) is 28.3. The second kappa shape index (κ2) is 12.9. The van der Waals surface area contributed by atoms with Gasteiger partial charge >= 0.3 is 0 Å². The van der Waals surface area contributed by atoms with Crippen LogP contribution in [0.1, 0.15) is 0 Å². The molecular formula is C29H33N7O4S. The quantitative estimate of drug-likeness (QED) is 0.270. The highest BCUT2D eigenvalue weighted by Gasteiger charge is 2.22. The normalized spacial score (nSPS) is 14.0. The third-order valence-electron chi connectivity index (χ3n) is 6.83. The molecule has 0 bridgehead atoms. The van der Waals surface area contributed by atoms with Crippen molar-refractivity contribution >= 4 is 38.8 Å². The summed E-state index contributed by atoms with van der Waals surface area (Å²) in [7, 11) is -0.406. The van der Waals surface area contributed by atoms with Gasteiger partial charge < -0.3 is 25.0 Å². The van der Waals surface area contributed by atoms with Crippen LogP contribution in [0, 0.1) is 0 Å². The molecule has 0 spiro atoms. The molecule has 5 rings (SSSR count). The fraction of sp³-hybridized carbons (Fsp3) is 0.276. The van der Waals surface area contributed by atoms with Crippen molar-refractivity contribution in [1.29, 1.82) is 0 Å². The second-order valence-electron chi connectivity index (χ2n) is 9.40. The highest BCUT2D eigenvalue weighted by Crippen LogP contribution is 2.33. The number of methoxy groups -OCH3 is 2. The van der Waals surface area contributed by atoms with Crippen LogP contribution in [0.5, 0.6) is 5.75 Å². The highest BCUT2D eigenvalue weighted by molar-refractivity contribution is 7.91. The van der Waals surface area contributed by atoms with Crippen LogP contribution in [0.2, 0.25) is 0 Å². The van der Waals surface area contributed by atoms with Crippen molar-refractivity contribution in [3.63, 3.8) is 0 Å². The van der Waals surface area contributed by atoms with E-state index >= 15 is 0 Å². The van der Waals surface area contributed by atoms with Gasteiger partial charge in [0.2, 0.25) is 21.7 Å². The zero-order valence-electron chi connectivity index (χ0n) is 23.0. The summed E-state index contributed by atoms with van der Waals surface area (Å²) in [6.45, 7) is 5.47. The highest BCUT2D eigenvalue weighted by atomic mass is 32.2. The Morgan fingerprint density at radius 1 is 0.829 bits per heavy atom. The minimum atomic E-state index is -3.76. The minimum absolute atomic E-state index is 0.123. The number of nitrogens with one attached hydrogen (secondary N) is 2. The van der Waals surface area contributed by atoms with Crippen LogP contribution < -0.4 is 20.3 Å². The van der Waals surface area contributed by atoms with Crippen LogP contribution in [0.3, 0.4) is 0 Å². The molecule has 0 aliphatic carbocycles. The lowest BCUT2D eigenvalue weighted by atomic mass is 10.2. The van der Waals surface area contributed by atoms with Gasteiger partial charge in [-0.1, -0.05) is 30.3 Å². The molecule has 11 nitrogen and oxygen atoms in total. The SMILES string of the molecule is COCCN1CCN(c2ccc(Nc3ncnc(Nc4ccccc4S(=O)(=O)c4ccccc4)n3)c(OC)c2)CC1. The number of benzene rings is 3. The van der Waals surface area contributed by atoms with Crippen LogP contribution in [0.4, 0.5) is 29.0 Å². The van der Waals surface area contributed by atoms with Gasteiger partial charge in [0.05, 0.1) is 34.9 Å². The summed E-state index contributed by atoms with van der Waals surface area (Å²) in [6.07, 6.45) is 1.36. The fourth-order valence-electron chi connectivity index (χ4n) is 4.62. The lowest BCUT2D eigenvalue weighted by Gasteiger charge is -2.36. The maximum Gasteiger partial charge on any atom is 0.232 e. The summed E-state index contributed by atoms with van der Waals surface area (Å²) >= 11 is 0. The predicted molar refractivity (Wildman–Crippen MR) is 158 cm³/mol. The Bertz CT molecular complexity index is 1560. The third kappa shape index (κ3) is 6.73. The molecule has 12 heteroatoms. The Kier molecular flexibility index (Phi) is 8.92. The Morgan fingerprint density at radius 3 is 2.22 bits per heavy atom. The molecule has 2 heterocycles. The maximum atomic E-state index is 13.3. The Labute approximate surface area is 240 Å². The molecular weight excluding hydrogens is 542 g/mol. The molecule has 1 aromatic heterocycles. The Hall–Kier alpha value is -4.26. The Morgan fingerprint density at radius 2 is 1.51 bits per heavy atom. The van der Waals surface area contributed by atoms with Crippen molar-refractivity contribution in [2.75, 3.05) is 69.1 Å². The monoisotopic (exact) mass is 575 g/mol. The van der Waals surface area contributed by atoms with E-state index in [0.717, 1.165) is 45.0 Å². The summed E-state index contributed by atoms with van der Waals surface area (Å²) in [4.78, 5) is 18.0. The molecule has 0 radical (unpaired) electrons. The van der Waals surface area contributed by atoms with Gasteiger partial charge in [0.25, 0.3) is 0 Å². The van der Waals surface area contributed by atoms with E-state index in [1.807, 2.05) is 18.2 Å². The van der Waals surface area contributed by atoms with Crippen LogP contribution in [0.25, 0.3) is 0 Å². The lowest BCUT2D eigenvalue weighted by Crippen LogP contribution is -2.47. The Balaban J connectivity index is 1.31. The number of para-hydroxylation sites is 1. The first-order chi connectivity index (χ1) is 20.0. The van der Waals surface area contributed by atoms with Crippen molar-refractivity contribution in [3.8, 4) is 5.75 Å². The third-order valence-corrected chi connectivity index (χ3v) is 8.66. The van der Waals surface area contributed by atoms with E-state index in [9.17, 15) is 8.42 Å². The molecule has 41 heavy (non-hydrogen) atoms. The first-order valence-corrected chi connectivity index (χ1v) is 14.7. The van der Waals surface area contributed by atoms with Gasteiger partial charge in [0.1, 0.15) is 12.1 Å². The summed E-state index contributed by atoms with van der Waals surface area (Å²) < 4.78 is 37.5. The van der Waals surface area contributed by atoms with E-state index in [-0.39, 0.29) is 21.7 Å². The van der Waals surface area contributed by atoms with Gasteiger partial charge in [0.15, 0.2) is 0 Å². The van der Waals surface area contributed by atoms with Crippen LogP contribution >= 0.6 is 0 Å². The van der Waals surface area contributed by atoms with Gasteiger partial charge in [0, 0.05) is 51.6 Å². The maximum absolute atomic E-state index is 13.3. The molecule has 1 saturated heterocycles. The van der Waals surface area contributed by atoms with E-state index in [0.29, 0.717) is 17.1 Å². The van der Waals surface area contributed by atoms with E-state index in [1.165, 1.54) is 6.33 Å². The molecule has 1 aliphatic rings. The smallest absolute Gasteiger partial charge is 0.232 e. The van der Waals surface area contributed by atoms with Gasteiger partial charge in [-0.25, -0.2) is 18.4 Å². The van der Waals surface area contributed by atoms with Gasteiger partial charge in [-0.3, -0.25) is 4.90 Å². The zero-order chi connectivity index (χ0) is 28.7. The number of ether oxygens (including phenoxy) is 2. The minimum Gasteiger partial charge on any atom is -0.494 e. The number of piperazine rings is 1. The van der Waals surface area contributed by atoms with Gasteiger partial charge in [-0.15, -0.1) is 0 Å². The van der Waals surface area contributed by atoms with Gasteiger partial charge in [-0.05, 0) is 36.4 Å². The molecule has 1 fully saturated rings. The van der Waals surface area contributed by atoms with E-state index in [4.69, 9.17) is 9.47 Å².